The quantitative estimate of drug-likeness (QED) is 0.909. The fraction of sp³-hybridized carbons (Fsp3) is 0.571. The lowest BCUT2D eigenvalue weighted by molar-refractivity contribution is 0.126. The Hall–Kier alpha value is -0.580. The lowest BCUT2D eigenvalue weighted by atomic mass is 9.93. The molecule has 0 aromatic heterocycles. The minimum absolute atomic E-state index is 0.0329. The Morgan fingerprint density at radius 3 is 2.83 bits per heavy atom. The fourth-order valence-corrected chi connectivity index (χ4v) is 3.86. The number of nitrogens with zero attached hydrogens (tertiary/aromatic N) is 1. The summed E-state index contributed by atoms with van der Waals surface area (Å²) in [5, 5.41) is 0. The maximum atomic E-state index is 13.7. The second-order valence-corrected chi connectivity index (χ2v) is 6.14. The Morgan fingerprint density at radius 2 is 2.22 bits per heavy atom. The lowest BCUT2D eigenvalue weighted by Gasteiger charge is -2.43. The number of thioether (sulfide) groups is 1. The van der Waals surface area contributed by atoms with E-state index in [1.54, 1.807) is 6.07 Å². The minimum Gasteiger partial charge on any atom is -0.329 e. The molecule has 0 spiro atoms. The lowest BCUT2D eigenvalue weighted by Crippen LogP contribution is -2.55. The molecule has 2 N–H and O–H groups in total. The SMILES string of the molecule is CN(Cc1ccccc1F)C1(CN)CCCSC1. The van der Waals surface area contributed by atoms with Crippen molar-refractivity contribution in [3.63, 3.8) is 0 Å². The van der Waals surface area contributed by atoms with Crippen LogP contribution in [0.1, 0.15) is 18.4 Å². The minimum atomic E-state index is -0.125. The van der Waals surface area contributed by atoms with Crippen molar-refractivity contribution in [1.29, 1.82) is 0 Å². The molecule has 0 amide bonds. The van der Waals surface area contributed by atoms with Crippen LogP contribution in [0.2, 0.25) is 0 Å². The van der Waals surface area contributed by atoms with Gasteiger partial charge in [-0.1, -0.05) is 18.2 Å². The average molecular weight is 268 g/mol. The van der Waals surface area contributed by atoms with Crippen molar-refractivity contribution in [2.75, 3.05) is 25.1 Å². The Balaban J connectivity index is 2.10. The largest absolute Gasteiger partial charge is 0.329 e. The van der Waals surface area contributed by atoms with Gasteiger partial charge in [0.1, 0.15) is 5.82 Å². The topological polar surface area (TPSA) is 29.3 Å². The van der Waals surface area contributed by atoms with Crippen LogP contribution in [0.5, 0.6) is 0 Å². The van der Waals surface area contributed by atoms with E-state index in [9.17, 15) is 4.39 Å². The van der Waals surface area contributed by atoms with Crippen molar-refractivity contribution in [3.05, 3.63) is 35.6 Å². The summed E-state index contributed by atoms with van der Waals surface area (Å²) < 4.78 is 13.7. The molecule has 0 saturated carbocycles. The predicted molar refractivity (Wildman–Crippen MR) is 76.2 cm³/mol. The highest BCUT2D eigenvalue weighted by molar-refractivity contribution is 7.99. The molecule has 0 aliphatic carbocycles. The maximum Gasteiger partial charge on any atom is 0.127 e. The van der Waals surface area contributed by atoms with Gasteiger partial charge < -0.3 is 5.73 Å². The van der Waals surface area contributed by atoms with Crippen molar-refractivity contribution >= 4 is 11.8 Å². The van der Waals surface area contributed by atoms with E-state index in [4.69, 9.17) is 5.73 Å². The molecular weight excluding hydrogens is 247 g/mol. The Labute approximate surface area is 113 Å². The van der Waals surface area contributed by atoms with E-state index in [1.807, 2.05) is 23.9 Å². The Bertz CT molecular complexity index is 391. The van der Waals surface area contributed by atoms with E-state index >= 15 is 0 Å². The van der Waals surface area contributed by atoms with Crippen molar-refractivity contribution in [2.24, 2.45) is 5.73 Å². The highest BCUT2D eigenvalue weighted by Gasteiger charge is 2.35. The van der Waals surface area contributed by atoms with Gasteiger partial charge in [-0.05, 0) is 31.7 Å². The van der Waals surface area contributed by atoms with Gasteiger partial charge in [0, 0.05) is 29.9 Å². The number of halogens is 1. The fourth-order valence-electron chi connectivity index (χ4n) is 2.51. The van der Waals surface area contributed by atoms with Crippen LogP contribution in [0, 0.1) is 5.82 Å². The summed E-state index contributed by atoms with van der Waals surface area (Å²) in [6.45, 7) is 1.27. The molecule has 1 aliphatic heterocycles. The molecule has 1 aromatic carbocycles. The van der Waals surface area contributed by atoms with Crippen molar-refractivity contribution in [3.8, 4) is 0 Å². The van der Waals surface area contributed by atoms with Gasteiger partial charge in [0.25, 0.3) is 0 Å². The number of likely N-dealkylation sites (N-methyl/N-ethyl adjacent to an activating group) is 1. The molecule has 18 heavy (non-hydrogen) atoms. The Morgan fingerprint density at radius 1 is 1.44 bits per heavy atom. The first-order chi connectivity index (χ1) is 8.68. The highest BCUT2D eigenvalue weighted by Crippen LogP contribution is 2.31. The van der Waals surface area contributed by atoms with Crippen LogP contribution in [0.4, 0.5) is 4.39 Å². The zero-order chi connectivity index (χ0) is 13.0. The van der Waals surface area contributed by atoms with Gasteiger partial charge in [0.15, 0.2) is 0 Å². The molecule has 4 heteroatoms. The number of rotatable bonds is 4. The highest BCUT2D eigenvalue weighted by atomic mass is 32.2. The molecule has 1 atom stereocenters. The van der Waals surface area contributed by atoms with Gasteiger partial charge in [-0.3, -0.25) is 4.90 Å². The summed E-state index contributed by atoms with van der Waals surface area (Å²) in [7, 11) is 2.06. The first-order valence-corrected chi connectivity index (χ1v) is 7.56. The Kier molecular flexibility index (Phi) is 4.65. The van der Waals surface area contributed by atoms with E-state index in [0.29, 0.717) is 13.1 Å². The smallest absolute Gasteiger partial charge is 0.127 e. The van der Waals surface area contributed by atoms with E-state index < -0.39 is 0 Å². The first kappa shape index (κ1) is 13.8. The molecule has 0 radical (unpaired) electrons. The summed E-state index contributed by atoms with van der Waals surface area (Å²) >= 11 is 1.95. The number of nitrogens with two attached hydrogens (primary N) is 1. The molecule has 1 aromatic rings. The van der Waals surface area contributed by atoms with Crippen LogP contribution < -0.4 is 5.73 Å². The van der Waals surface area contributed by atoms with Crippen LogP contribution in [0.25, 0.3) is 0 Å². The van der Waals surface area contributed by atoms with Gasteiger partial charge in [0.2, 0.25) is 0 Å². The zero-order valence-corrected chi connectivity index (χ0v) is 11.7. The van der Waals surface area contributed by atoms with E-state index in [-0.39, 0.29) is 11.4 Å². The summed E-state index contributed by atoms with van der Waals surface area (Å²) in [5.41, 5.74) is 6.77. The number of benzene rings is 1. The predicted octanol–water partition coefficient (Wildman–Crippen LogP) is 2.48. The second kappa shape index (κ2) is 6.04. The molecule has 2 rings (SSSR count). The van der Waals surface area contributed by atoms with Gasteiger partial charge in [-0.2, -0.15) is 11.8 Å². The average Bonchev–Trinajstić information content (AvgIpc) is 2.42. The van der Waals surface area contributed by atoms with E-state index in [0.717, 1.165) is 17.7 Å². The van der Waals surface area contributed by atoms with Crippen molar-refractivity contribution in [1.82, 2.24) is 4.90 Å². The molecule has 2 nitrogen and oxygen atoms in total. The summed E-state index contributed by atoms with van der Waals surface area (Å²) in [4.78, 5) is 2.23. The molecule has 1 unspecified atom stereocenters. The molecular formula is C14H21FN2S. The van der Waals surface area contributed by atoms with Gasteiger partial charge >= 0.3 is 0 Å². The van der Waals surface area contributed by atoms with Gasteiger partial charge in [-0.25, -0.2) is 4.39 Å². The van der Waals surface area contributed by atoms with Crippen LogP contribution >= 0.6 is 11.8 Å². The summed E-state index contributed by atoms with van der Waals surface area (Å²) in [6.07, 6.45) is 2.31. The monoisotopic (exact) mass is 268 g/mol. The molecule has 1 saturated heterocycles. The summed E-state index contributed by atoms with van der Waals surface area (Å²) in [6, 6.07) is 6.99. The van der Waals surface area contributed by atoms with E-state index in [1.165, 1.54) is 18.2 Å². The third-order valence-electron chi connectivity index (χ3n) is 3.86. The molecule has 1 heterocycles. The number of hydrogen-bond acceptors (Lipinski definition) is 3. The first-order valence-electron chi connectivity index (χ1n) is 6.40. The molecule has 0 bridgehead atoms. The standard InChI is InChI=1S/C14H21FN2S/c1-17(9-12-5-2-3-6-13(12)15)14(10-16)7-4-8-18-11-14/h2-3,5-6H,4,7-11,16H2,1H3. The van der Waals surface area contributed by atoms with Crippen molar-refractivity contribution in [2.45, 2.75) is 24.9 Å². The van der Waals surface area contributed by atoms with E-state index in [2.05, 4.69) is 11.9 Å². The van der Waals surface area contributed by atoms with Crippen LogP contribution in [-0.2, 0) is 6.54 Å². The summed E-state index contributed by atoms with van der Waals surface area (Å²) in [5.74, 6) is 2.14. The third-order valence-corrected chi connectivity index (χ3v) is 5.18. The van der Waals surface area contributed by atoms with Gasteiger partial charge in [0.05, 0.1) is 0 Å². The molecule has 1 aliphatic rings. The molecule has 1 fully saturated rings. The maximum absolute atomic E-state index is 13.7. The van der Waals surface area contributed by atoms with Crippen molar-refractivity contribution < 1.29 is 4.39 Å². The van der Waals surface area contributed by atoms with Crippen LogP contribution in [0.15, 0.2) is 24.3 Å². The van der Waals surface area contributed by atoms with Crippen LogP contribution in [-0.4, -0.2) is 35.5 Å². The second-order valence-electron chi connectivity index (χ2n) is 5.03. The number of hydrogen-bond donors (Lipinski definition) is 1. The molecule has 100 valence electrons. The van der Waals surface area contributed by atoms with Gasteiger partial charge in [-0.15, -0.1) is 0 Å². The zero-order valence-electron chi connectivity index (χ0n) is 10.9. The van der Waals surface area contributed by atoms with Crippen LogP contribution in [0.3, 0.4) is 0 Å². The normalized spacial score (nSPS) is 24.4. The third kappa shape index (κ3) is 2.87.